The van der Waals surface area contributed by atoms with Crippen molar-refractivity contribution in [2.45, 2.75) is 19.4 Å². The Balaban J connectivity index is 1.52. The van der Waals surface area contributed by atoms with Crippen LogP contribution in [0.15, 0.2) is 48.5 Å². The first kappa shape index (κ1) is 20.3. The molecule has 1 N–H and O–H groups in total. The third kappa shape index (κ3) is 4.90. The quantitative estimate of drug-likeness (QED) is 0.457. The second kappa shape index (κ2) is 9.18. The molecule has 8 nitrogen and oxygen atoms in total. The van der Waals surface area contributed by atoms with Gasteiger partial charge in [-0.15, -0.1) is 0 Å². The molecule has 1 aliphatic rings. The number of para-hydroxylation sites is 2. The number of piperidine rings is 1. The predicted molar refractivity (Wildman–Crippen MR) is 108 cm³/mol. The number of anilines is 1. The Kier molecular flexibility index (Phi) is 6.43. The maximum absolute atomic E-state index is 12.5. The highest BCUT2D eigenvalue weighted by atomic mass is 16.6. The van der Waals surface area contributed by atoms with E-state index in [9.17, 15) is 19.7 Å². The van der Waals surface area contributed by atoms with Crippen LogP contribution in [0.4, 0.5) is 11.4 Å². The number of ether oxygens (including phenoxy) is 1. The van der Waals surface area contributed by atoms with Crippen LogP contribution < -0.4 is 10.2 Å². The van der Waals surface area contributed by atoms with Gasteiger partial charge in [-0.05, 0) is 36.6 Å². The molecule has 0 aromatic heterocycles. The number of nitrogens with zero attached hydrogens (tertiary/aromatic N) is 2. The zero-order valence-corrected chi connectivity index (χ0v) is 16.2. The molecule has 8 heteroatoms. The number of carbonyl (C=O) groups excluding carboxylic acids is 2. The molecule has 29 heavy (non-hydrogen) atoms. The van der Waals surface area contributed by atoms with Gasteiger partial charge in [-0.25, -0.2) is 4.79 Å². The molecule has 1 fully saturated rings. The largest absolute Gasteiger partial charge is 0.465 e. The topological polar surface area (TPSA) is 102 Å². The predicted octanol–water partition coefficient (Wildman–Crippen LogP) is 2.91. The Morgan fingerprint density at radius 2 is 1.79 bits per heavy atom. The van der Waals surface area contributed by atoms with Crippen LogP contribution in [0.2, 0.25) is 0 Å². The van der Waals surface area contributed by atoms with Crippen molar-refractivity contribution in [2.24, 2.45) is 5.92 Å². The Morgan fingerprint density at radius 3 is 2.41 bits per heavy atom. The number of nitro benzene ring substituents is 1. The van der Waals surface area contributed by atoms with E-state index >= 15 is 0 Å². The molecule has 152 valence electrons. The number of benzene rings is 2. The minimum Gasteiger partial charge on any atom is -0.465 e. The van der Waals surface area contributed by atoms with E-state index in [0.717, 1.165) is 5.56 Å². The van der Waals surface area contributed by atoms with E-state index in [1.807, 2.05) is 4.90 Å². The molecule has 1 heterocycles. The molecule has 0 aliphatic carbocycles. The van der Waals surface area contributed by atoms with Gasteiger partial charge in [-0.2, -0.15) is 0 Å². The molecule has 2 aromatic rings. The number of nitrogens with one attached hydrogen (secondary N) is 1. The number of carbonyl (C=O) groups is 2. The van der Waals surface area contributed by atoms with Crippen LogP contribution in [0.25, 0.3) is 0 Å². The molecule has 1 aliphatic heterocycles. The lowest BCUT2D eigenvalue weighted by Crippen LogP contribution is -2.40. The minimum atomic E-state index is -0.397. The van der Waals surface area contributed by atoms with Gasteiger partial charge < -0.3 is 15.0 Å². The fraction of sp³-hybridized carbons (Fsp3) is 0.333. The molecule has 0 bridgehead atoms. The van der Waals surface area contributed by atoms with E-state index < -0.39 is 5.97 Å². The van der Waals surface area contributed by atoms with Crippen molar-refractivity contribution in [3.63, 3.8) is 0 Å². The number of methoxy groups -OCH3 is 1. The lowest BCUT2D eigenvalue weighted by atomic mass is 9.95. The van der Waals surface area contributed by atoms with Crippen molar-refractivity contribution in [1.29, 1.82) is 0 Å². The van der Waals surface area contributed by atoms with Gasteiger partial charge in [0, 0.05) is 31.6 Å². The number of amides is 1. The molecule has 0 radical (unpaired) electrons. The van der Waals surface area contributed by atoms with Gasteiger partial charge >= 0.3 is 5.97 Å². The minimum absolute atomic E-state index is 0.0238. The average Bonchev–Trinajstić information content (AvgIpc) is 2.77. The summed E-state index contributed by atoms with van der Waals surface area (Å²) in [5.41, 5.74) is 2.04. The van der Waals surface area contributed by atoms with E-state index in [1.54, 1.807) is 42.5 Å². The summed E-state index contributed by atoms with van der Waals surface area (Å²) >= 11 is 0. The Bertz CT molecular complexity index is 889. The standard InChI is InChI=1S/C21H23N3O5/c1-29-21(26)17-8-6-15(7-9-17)14-22-20(25)16-10-12-23(13-11-16)18-4-2-3-5-19(18)24(27)28/h2-9,16H,10-14H2,1H3,(H,22,25). The van der Waals surface area contributed by atoms with Crippen LogP contribution in [-0.2, 0) is 16.1 Å². The van der Waals surface area contributed by atoms with Crippen LogP contribution in [0, 0.1) is 16.0 Å². The Morgan fingerprint density at radius 1 is 1.14 bits per heavy atom. The molecular weight excluding hydrogens is 374 g/mol. The molecule has 1 amide bonds. The fourth-order valence-corrected chi connectivity index (χ4v) is 3.48. The number of nitro groups is 1. The molecular formula is C21H23N3O5. The second-order valence-corrected chi connectivity index (χ2v) is 6.91. The molecule has 0 atom stereocenters. The summed E-state index contributed by atoms with van der Waals surface area (Å²) in [6.45, 7) is 1.57. The van der Waals surface area contributed by atoms with E-state index in [-0.39, 0.29) is 22.4 Å². The molecule has 0 saturated carbocycles. The van der Waals surface area contributed by atoms with Gasteiger partial charge in [0.05, 0.1) is 17.6 Å². The Labute approximate surface area is 168 Å². The highest BCUT2D eigenvalue weighted by Gasteiger charge is 2.27. The van der Waals surface area contributed by atoms with Crippen molar-refractivity contribution in [3.8, 4) is 0 Å². The smallest absolute Gasteiger partial charge is 0.337 e. The zero-order valence-electron chi connectivity index (χ0n) is 16.2. The van der Waals surface area contributed by atoms with Crippen LogP contribution in [0.5, 0.6) is 0 Å². The molecule has 3 rings (SSSR count). The number of hydrogen-bond donors (Lipinski definition) is 1. The maximum atomic E-state index is 12.5. The molecule has 0 unspecified atom stereocenters. The summed E-state index contributed by atoms with van der Waals surface area (Å²) in [6, 6.07) is 13.6. The van der Waals surface area contributed by atoms with Gasteiger partial charge in [-0.3, -0.25) is 14.9 Å². The van der Waals surface area contributed by atoms with Crippen LogP contribution >= 0.6 is 0 Å². The van der Waals surface area contributed by atoms with E-state index in [0.29, 0.717) is 43.7 Å². The summed E-state index contributed by atoms with van der Waals surface area (Å²) in [5, 5.41) is 14.2. The normalized spacial score (nSPS) is 14.3. The fourth-order valence-electron chi connectivity index (χ4n) is 3.48. The van der Waals surface area contributed by atoms with E-state index in [4.69, 9.17) is 0 Å². The Hall–Kier alpha value is -3.42. The molecule has 2 aromatic carbocycles. The number of hydrogen-bond acceptors (Lipinski definition) is 6. The summed E-state index contributed by atoms with van der Waals surface area (Å²) in [4.78, 5) is 36.8. The van der Waals surface area contributed by atoms with Gasteiger partial charge in [-0.1, -0.05) is 24.3 Å². The van der Waals surface area contributed by atoms with Crippen molar-refractivity contribution < 1.29 is 19.2 Å². The first-order valence-electron chi connectivity index (χ1n) is 9.43. The summed E-state index contributed by atoms with van der Waals surface area (Å²) in [7, 11) is 1.33. The third-order valence-electron chi connectivity index (χ3n) is 5.13. The van der Waals surface area contributed by atoms with E-state index in [2.05, 4.69) is 10.1 Å². The second-order valence-electron chi connectivity index (χ2n) is 6.91. The summed E-state index contributed by atoms with van der Waals surface area (Å²) < 4.78 is 4.66. The molecule has 0 spiro atoms. The zero-order chi connectivity index (χ0) is 20.8. The van der Waals surface area contributed by atoms with Gasteiger partial charge in [0.15, 0.2) is 0 Å². The van der Waals surface area contributed by atoms with Crippen molar-refractivity contribution in [2.75, 3.05) is 25.1 Å². The van der Waals surface area contributed by atoms with Crippen LogP contribution in [0.3, 0.4) is 0 Å². The maximum Gasteiger partial charge on any atom is 0.337 e. The van der Waals surface area contributed by atoms with Gasteiger partial charge in [0.2, 0.25) is 5.91 Å². The highest BCUT2D eigenvalue weighted by Crippen LogP contribution is 2.31. The SMILES string of the molecule is COC(=O)c1ccc(CNC(=O)C2CCN(c3ccccc3[N+](=O)[O-])CC2)cc1. The number of esters is 1. The van der Waals surface area contributed by atoms with Crippen molar-refractivity contribution in [3.05, 3.63) is 69.8 Å². The van der Waals surface area contributed by atoms with Crippen LogP contribution in [-0.4, -0.2) is 37.0 Å². The van der Waals surface area contributed by atoms with Gasteiger partial charge in [0.1, 0.15) is 5.69 Å². The van der Waals surface area contributed by atoms with Crippen molar-refractivity contribution >= 4 is 23.3 Å². The summed E-state index contributed by atoms with van der Waals surface area (Å²) in [6.07, 6.45) is 1.28. The lowest BCUT2D eigenvalue weighted by Gasteiger charge is -2.32. The van der Waals surface area contributed by atoms with E-state index in [1.165, 1.54) is 13.2 Å². The molecule has 1 saturated heterocycles. The van der Waals surface area contributed by atoms with Gasteiger partial charge in [0.25, 0.3) is 5.69 Å². The number of rotatable bonds is 6. The third-order valence-corrected chi connectivity index (χ3v) is 5.13. The highest BCUT2D eigenvalue weighted by molar-refractivity contribution is 5.89. The monoisotopic (exact) mass is 397 g/mol. The summed E-state index contributed by atoms with van der Waals surface area (Å²) in [5.74, 6) is -0.543. The first-order valence-corrected chi connectivity index (χ1v) is 9.43. The van der Waals surface area contributed by atoms with Crippen LogP contribution in [0.1, 0.15) is 28.8 Å². The van der Waals surface area contributed by atoms with Crippen molar-refractivity contribution in [1.82, 2.24) is 5.32 Å². The first-order chi connectivity index (χ1) is 14.0. The average molecular weight is 397 g/mol. The lowest BCUT2D eigenvalue weighted by molar-refractivity contribution is -0.384.